The molecule has 0 saturated heterocycles. The van der Waals surface area contributed by atoms with Crippen LogP contribution in [0.2, 0.25) is 0 Å². The number of ether oxygens (including phenoxy) is 1. The molecule has 23 heavy (non-hydrogen) atoms. The fourth-order valence-electron chi connectivity index (χ4n) is 2.91. The average molecular weight is 319 g/mol. The number of amides is 1. The number of aliphatic carboxylic acids is 1. The van der Waals surface area contributed by atoms with Gasteiger partial charge >= 0.3 is 5.97 Å². The largest absolute Gasteiger partial charge is 0.481 e. The molecule has 126 valence electrons. The summed E-state index contributed by atoms with van der Waals surface area (Å²) in [7, 11) is 0. The highest BCUT2D eigenvalue weighted by molar-refractivity contribution is 5.76. The van der Waals surface area contributed by atoms with E-state index in [9.17, 15) is 9.59 Å². The third-order valence-electron chi connectivity index (χ3n) is 4.22. The molecule has 1 aromatic carbocycles. The zero-order valence-electron chi connectivity index (χ0n) is 13.4. The molecule has 1 aliphatic carbocycles. The molecule has 0 heterocycles. The van der Waals surface area contributed by atoms with Crippen molar-refractivity contribution in [2.45, 2.75) is 44.6 Å². The number of rotatable bonds is 9. The lowest BCUT2D eigenvalue weighted by molar-refractivity contribution is -0.141. The van der Waals surface area contributed by atoms with Crippen LogP contribution < -0.4 is 5.32 Å². The smallest absolute Gasteiger partial charge is 0.306 e. The van der Waals surface area contributed by atoms with Gasteiger partial charge in [0.15, 0.2) is 0 Å². The van der Waals surface area contributed by atoms with Crippen molar-refractivity contribution in [3.05, 3.63) is 35.9 Å². The second-order valence-corrected chi connectivity index (χ2v) is 6.06. The maximum absolute atomic E-state index is 11.8. The fraction of sp³-hybridized carbons (Fsp3) is 0.556. The first-order valence-corrected chi connectivity index (χ1v) is 8.29. The van der Waals surface area contributed by atoms with Crippen LogP contribution in [0.15, 0.2) is 30.3 Å². The summed E-state index contributed by atoms with van der Waals surface area (Å²) in [5.41, 5.74) is 1.25. The Balaban J connectivity index is 1.49. The van der Waals surface area contributed by atoms with Crippen molar-refractivity contribution in [1.82, 2.24) is 5.32 Å². The Kier molecular flexibility index (Phi) is 7.07. The minimum absolute atomic E-state index is 0.00676. The lowest BCUT2D eigenvalue weighted by atomic mass is 10.1. The van der Waals surface area contributed by atoms with Gasteiger partial charge in [0.05, 0.1) is 12.5 Å². The van der Waals surface area contributed by atoms with Gasteiger partial charge in [0.25, 0.3) is 0 Å². The molecule has 1 saturated carbocycles. The predicted octanol–water partition coefficient (Wildman–Crippen LogP) is 2.40. The van der Waals surface area contributed by atoms with Gasteiger partial charge in [-0.3, -0.25) is 9.59 Å². The van der Waals surface area contributed by atoms with Crippen LogP contribution in [0, 0.1) is 5.92 Å². The number of carbonyl (C=O) groups is 2. The third kappa shape index (κ3) is 6.40. The highest BCUT2D eigenvalue weighted by atomic mass is 16.5. The van der Waals surface area contributed by atoms with Crippen LogP contribution in [0.4, 0.5) is 0 Å². The van der Waals surface area contributed by atoms with Crippen molar-refractivity contribution in [2.75, 3.05) is 13.2 Å². The molecular formula is C18H25NO4. The number of carboxylic acids is 1. The molecule has 0 bridgehead atoms. The van der Waals surface area contributed by atoms with Crippen LogP contribution in [0.1, 0.15) is 37.7 Å². The Hall–Kier alpha value is -1.88. The molecule has 2 N–H and O–H groups in total. The van der Waals surface area contributed by atoms with Crippen molar-refractivity contribution in [1.29, 1.82) is 0 Å². The summed E-state index contributed by atoms with van der Waals surface area (Å²) in [6, 6.07) is 10.2. The second-order valence-electron chi connectivity index (χ2n) is 6.06. The van der Waals surface area contributed by atoms with E-state index >= 15 is 0 Å². The van der Waals surface area contributed by atoms with E-state index < -0.39 is 5.97 Å². The van der Waals surface area contributed by atoms with Gasteiger partial charge in [0.1, 0.15) is 0 Å². The standard InChI is InChI=1S/C18H25NO4/c20-17(19-16-9-8-15(13-16)18(21)22)7-4-11-23-12-10-14-5-2-1-3-6-14/h1-3,5-6,15-16H,4,7-13H2,(H,19,20)(H,21,22)/t15-,16+/m0/s1. The minimum Gasteiger partial charge on any atom is -0.481 e. The van der Waals surface area contributed by atoms with E-state index in [1.165, 1.54) is 5.56 Å². The first-order chi connectivity index (χ1) is 11.1. The number of nitrogens with one attached hydrogen (secondary N) is 1. The molecule has 0 aliphatic heterocycles. The van der Waals surface area contributed by atoms with Gasteiger partial charge in [-0.15, -0.1) is 0 Å². The van der Waals surface area contributed by atoms with Gasteiger partial charge in [-0.05, 0) is 37.7 Å². The van der Waals surface area contributed by atoms with Crippen LogP contribution in [-0.4, -0.2) is 36.2 Å². The Bertz CT molecular complexity index is 503. The van der Waals surface area contributed by atoms with E-state index in [-0.39, 0.29) is 17.9 Å². The Morgan fingerprint density at radius 3 is 2.65 bits per heavy atom. The predicted molar refractivity (Wildman–Crippen MR) is 87.1 cm³/mol. The van der Waals surface area contributed by atoms with E-state index in [1.807, 2.05) is 18.2 Å². The van der Waals surface area contributed by atoms with Gasteiger partial charge < -0.3 is 15.2 Å². The number of hydrogen-bond donors (Lipinski definition) is 2. The molecule has 2 rings (SSSR count). The summed E-state index contributed by atoms with van der Waals surface area (Å²) in [5, 5.41) is 11.9. The normalized spacial score (nSPS) is 20.3. The Morgan fingerprint density at radius 2 is 1.96 bits per heavy atom. The van der Waals surface area contributed by atoms with E-state index in [2.05, 4.69) is 17.4 Å². The van der Waals surface area contributed by atoms with Crippen LogP contribution in [0.3, 0.4) is 0 Å². The fourth-order valence-corrected chi connectivity index (χ4v) is 2.91. The van der Waals surface area contributed by atoms with Gasteiger partial charge in [0.2, 0.25) is 5.91 Å². The summed E-state index contributed by atoms with van der Waals surface area (Å²) >= 11 is 0. The van der Waals surface area contributed by atoms with Crippen LogP contribution in [-0.2, 0) is 20.7 Å². The molecular weight excluding hydrogens is 294 g/mol. The lowest BCUT2D eigenvalue weighted by Gasteiger charge is -2.12. The topological polar surface area (TPSA) is 75.6 Å². The molecule has 1 fully saturated rings. The summed E-state index contributed by atoms with van der Waals surface area (Å²) in [4.78, 5) is 22.7. The number of carboxylic acid groups (broad SMARTS) is 1. The van der Waals surface area contributed by atoms with E-state index in [1.54, 1.807) is 0 Å². The van der Waals surface area contributed by atoms with Crippen LogP contribution in [0.25, 0.3) is 0 Å². The van der Waals surface area contributed by atoms with E-state index in [4.69, 9.17) is 9.84 Å². The van der Waals surface area contributed by atoms with Crippen LogP contribution >= 0.6 is 0 Å². The SMILES string of the molecule is O=C(CCCOCCc1ccccc1)N[C@@H]1CC[C@H](C(=O)O)C1. The van der Waals surface area contributed by atoms with E-state index in [0.29, 0.717) is 38.9 Å². The second kappa shape index (κ2) is 9.30. The van der Waals surface area contributed by atoms with Crippen molar-refractivity contribution < 1.29 is 19.4 Å². The number of hydrogen-bond acceptors (Lipinski definition) is 3. The molecule has 1 amide bonds. The quantitative estimate of drug-likeness (QED) is 0.685. The maximum atomic E-state index is 11.8. The van der Waals surface area contributed by atoms with Gasteiger partial charge in [0, 0.05) is 19.1 Å². The van der Waals surface area contributed by atoms with Gasteiger partial charge in [-0.1, -0.05) is 30.3 Å². The van der Waals surface area contributed by atoms with Crippen molar-refractivity contribution in [3.8, 4) is 0 Å². The first-order valence-electron chi connectivity index (χ1n) is 8.29. The Morgan fingerprint density at radius 1 is 1.17 bits per heavy atom. The van der Waals surface area contributed by atoms with Crippen molar-refractivity contribution >= 4 is 11.9 Å². The average Bonchev–Trinajstić information content (AvgIpc) is 3.00. The molecule has 0 unspecified atom stereocenters. The molecule has 5 nitrogen and oxygen atoms in total. The summed E-state index contributed by atoms with van der Waals surface area (Å²) in [6.45, 7) is 1.23. The summed E-state index contributed by atoms with van der Waals surface area (Å²) in [5.74, 6) is -1.07. The first kappa shape index (κ1) is 17.5. The van der Waals surface area contributed by atoms with Crippen molar-refractivity contribution in [2.24, 2.45) is 5.92 Å². The van der Waals surface area contributed by atoms with Gasteiger partial charge in [-0.25, -0.2) is 0 Å². The molecule has 5 heteroatoms. The van der Waals surface area contributed by atoms with Crippen molar-refractivity contribution in [3.63, 3.8) is 0 Å². The minimum atomic E-state index is -0.756. The molecule has 0 aromatic heterocycles. The zero-order valence-corrected chi connectivity index (χ0v) is 13.4. The third-order valence-corrected chi connectivity index (χ3v) is 4.22. The van der Waals surface area contributed by atoms with Crippen LogP contribution in [0.5, 0.6) is 0 Å². The number of carbonyl (C=O) groups excluding carboxylic acids is 1. The Labute approximate surface area is 137 Å². The lowest BCUT2D eigenvalue weighted by Crippen LogP contribution is -2.33. The maximum Gasteiger partial charge on any atom is 0.306 e. The van der Waals surface area contributed by atoms with E-state index in [0.717, 1.165) is 12.8 Å². The molecule has 2 atom stereocenters. The molecule has 0 spiro atoms. The zero-order chi connectivity index (χ0) is 16.5. The summed E-state index contributed by atoms with van der Waals surface area (Å²) < 4.78 is 5.55. The summed E-state index contributed by atoms with van der Waals surface area (Å²) in [6.07, 6.45) is 3.97. The van der Waals surface area contributed by atoms with Gasteiger partial charge in [-0.2, -0.15) is 0 Å². The highest BCUT2D eigenvalue weighted by Crippen LogP contribution is 2.25. The molecule has 1 aliphatic rings. The monoisotopic (exact) mass is 319 g/mol. The number of benzene rings is 1. The molecule has 0 radical (unpaired) electrons. The molecule has 1 aromatic rings. The highest BCUT2D eigenvalue weighted by Gasteiger charge is 2.30.